The summed E-state index contributed by atoms with van der Waals surface area (Å²) in [5, 5.41) is 10.2. The lowest BCUT2D eigenvalue weighted by Gasteiger charge is -2.19. The van der Waals surface area contributed by atoms with Crippen molar-refractivity contribution in [3.05, 3.63) is 70.2 Å². The average molecular weight is 385 g/mol. The Morgan fingerprint density at radius 2 is 1.89 bits per heavy atom. The molecular weight excluding hydrogens is 360 g/mol. The minimum Gasteiger partial charge on any atom is -0.356 e. The summed E-state index contributed by atoms with van der Waals surface area (Å²) in [4.78, 5) is 15.9. The number of rotatable bonds is 6. The van der Waals surface area contributed by atoms with E-state index in [0.717, 1.165) is 35.9 Å². The highest BCUT2D eigenvalue weighted by atomic mass is 35.5. The molecule has 0 unspecified atom stereocenters. The van der Waals surface area contributed by atoms with Gasteiger partial charge in [-0.15, -0.1) is 0 Å². The molecule has 2 aromatic rings. The van der Waals surface area contributed by atoms with Gasteiger partial charge in [0.05, 0.1) is 0 Å². The van der Waals surface area contributed by atoms with Gasteiger partial charge in [0.1, 0.15) is 0 Å². The number of hydrogen-bond donors (Lipinski definition) is 3. The summed E-state index contributed by atoms with van der Waals surface area (Å²) in [6.07, 6.45) is 2.30. The Labute approximate surface area is 165 Å². The van der Waals surface area contributed by atoms with E-state index in [-0.39, 0.29) is 11.3 Å². The number of benzene rings is 2. The molecule has 0 spiro atoms. The molecule has 0 bridgehead atoms. The number of nitrogens with one attached hydrogen (secondary N) is 3. The van der Waals surface area contributed by atoms with Gasteiger partial charge in [-0.05, 0) is 48.2 Å². The van der Waals surface area contributed by atoms with Crippen LogP contribution in [0.1, 0.15) is 34.3 Å². The lowest BCUT2D eigenvalue weighted by molar-refractivity contribution is 0.0963. The summed E-state index contributed by atoms with van der Waals surface area (Å²) in [5.74, 6) is 0.682. The van der Waals surface area contributed by atoms with Gasteiger partial charge in [0, 0.05) is 43.2 Å². The maximum Gasteiger partial charge on any atom is 0.251 e. The van der Waals surface area contributed by atoms with Crippen LogP contribution in [-0.2, 0) is 12.0 Å². The van der Waals surface area contributed by atoms with Crippen molar-refractivity contribution in [1.29, 1.82) is 0 Å². The highest BCUT2D eigenvalue weighted by molar-refractivity contribution is 6.30. The van der Waals surface area contributed by atoms with E-state index in [1.807, 2.05) is 36.4 Å². The number of aliphatic imine (C=N–C) groups is 1. The van der Waals surface area contributed by atoms with Gasteiger partial charge in [0.2, 0.25) is 0 Å². The van der Waals surface area contributed by atoms with Crippen LogP contribution in [0.4, 0.5) is 0 Å². The van der Waals surface area contributed by atoms with Gasteiger partial charge in [-0.1, -0.05) is 35.9 Å². The minimum atomic E-state index is -0.0808. The fourth-order valence-corrected chi connectivity index (χ4v) is 3.30. The molecule has 0 atom stereocenters. The molecule has 1 amide bonds. The summed E-state index contributed by atoms with van der Waals surface area (Å²) in [7, 11) is 3.40. The van der Waals surface area contributed by atoms with Crippen LogP contribution in [0.5, 0.6) is 0 Å². The molecule has 1 fully saturated rings. The number of nitrogens with zero attached hydrogens (tertiary/aromatic N) is 1. The molecule has 142 valence electrons. The topological polar surface area (TPSA) is 65.5 Å². The number of guanidine groups is 1. The standard InChI is InChI=1S/C21H25ClN4O/c1-23-19(27)16-8-6-15(7-9-16)13-25-20(24-2)26-14-21(10-11-21)17-4-3-5-18(22)12-17/h3-9,12H,10-11,13-14H2,1-2H3,(H,23,27)(H2,24,25,26). The molecule has 2 aromatic carbocycles. The first-order chi connectivity index (χ1) is 13.1. The van der Waals surface area contributed by atoms with E-state index in [1.54, 1.807) is 14.1 Å². The number of halogens is 1. The Morgan fingerprint density at radius 3 is 2.48 bits per heavy atom. The van der Waals surface area contributed by atoms with Crippen LogP contribution in [0.2, 0.25) is 5.02 Å². The highest BCUT2D eigenvalue weighted by Gasteiger charge is 2.44. The summed E-state index contributed by atoms with van der Waals surface area (Å²) < 4.78 is 0. The van der Waals surface area contributed by atoms with Gasteiger partial charge in [-0.2, -0.15) is 0 Å². The fraction of sp³-hybridized carbons (Fsp3) is 0.333. The summed E-state index contributed by atoms with van der Waals surface area (Å²) in [5.41, 5.74) is 3.17. The number of amides is 1. The van der Waals surface area contributed by atoms with Gasteiger partial charge in [-0.3, -0.25) is 9.79 Å². The third-order valence-corrected chi connectivity index (χ3v) is 5.25. The predicted octanol–water partition coefficient (Wildman–Crippen LogP) is 3.10. The predicted molar refractivity (Wildman–Crippen MR) is 110 cm³/mol. The Bertz CT molecular complexity index is 828. The molecule has 5 nitrogen and oxygen atoms in total. The second-order valence-electron chi connectivity index (χ2n) is 6.85. The van der Waals surface area contributed by atoms with Gasteiger partial charge in [-0.25, -0.2) is 0 Å². The average Bonchev–Trinajstić information content (AvgIpc) is 3.49. The Morgan fingerprint density at radius 1 is 1.15 bits per heavy atom. The smallest absolute Gasteiger partial charge is 0.251 e. The molecular formula is C21H25ClN4O. The van der Waals surface area contributed by atoms with Crippen LogP contribution in [0.3, 0.4) is 0 Å². The first kappa shape index (κ1) is 19.2. The molecule has 3 rings (SSSR count). The Hall–Kier alpha value is -2.53. The molecule has 6 heteroatoms. The van der Waals surface area contributed by atoms with Gasteiger partial charge < -0.3 is 16.0 Å². The van der Waals surface area contributed by atoms with E-state index in [9.17, 15) is 4.79 Å². The molecule has 0 aliphatic heterocycles. The number of carbonyl (C=O) groups is 1. The molecule has 0 heterocycles. The SMILES string of the molecule is CN=C(NCc1ccc(C(=O)NC)cc1)NCC1(c2cccc(Cl)c2)CC1. The van der Waals surface area contributed by atoms with Crippen molar-refractivity contribution in [3.8, 4) is 0 Å². The van der Waals surface area contributed by atoms with Crippen molar-refractivity contribution in [2.45, 2.75) is 24.8 Å². The van der Waals surface area contributed by atoms with E-state index < -0.39 is 0 Å². The zero-order valence-corrected chi connectivity index (χ0v) is 16.4. The second-order valence-corrected chi connectivity index (χ2v) is 7.28. The second kappa shape index (κ2) is 8.44. The molecule has 27 heavy (non-hydrogen) atoms. The van der Waals surface area contributed by atoms with Crippen LogP contribution in [0.25, 0.3) is 0 Å². The van der Waals surface area contributed by atoms with Crippen molar-refractivity contribution < 1.29 is 4.79 Å². The van der Waals surface area contributed by atoms with E-state index in [0.29, 0.717) is 12.1 Å². The molecule has 1 saturated carbocycles. The van der Waals surface area contributed by atoms with Crippen molar-refractivity contribution in [2.24, 2.45) is 4.99 Å². The van der Waals surface area contributed by atoms with E-state index in [1.165, 1.54) is 5.56 Å². The normalized spacial score (nSPS) is 15.1. The quantitative estimate of drug-likeness (QED) is 0.529. The van der Waals surface area contributed by atoms with Crippen molar-refractivity contribution in [2.75, 3.05) is 20.6 Å². The maximum atomic E-state index is 11.6. The number of hydrogen-bond acceptors (Lipinski definition) is 2. The molecule has 1 aliphatic carbocycles. The molecule has 0 saturated heterocycles. The van der Waals surface area contributed by atoms with E-state index >= 15 is 0 Å². The van der Waals surface area contributed by atoms with Crippen molar-refractivity contribution in [1.82, 2.24) is 16.0 Å². The minimum absolute atomic E-state index is 0.0808. The fourth-order valence-electron chi connectivity index (χ4n) is 3.11. The van der Waals surface area contributed by atoms with Crippen molar-refractivity contribution in [3.63, 3.8) is 0 Å². The van der Waals surface area contributed by atoms with Crippen LogP contribution in [-0.4, -0.2) is 32.5 Å². The molecule has 0 radical (unpaired) electrons. The van der Waals surface area contributed by atoms with Crippen LogP contribution in [0, 0.1) is 0 Å². The Kier molecular flexibility index (Phi) is 6.01. The first-order valence-corrected chi connectivity index (χ1v) is 9.46. The highest BCUT2D eigenvalue weighted by Crippen LogP contribution is 2.48. The van der Waals surface area contributed by atoms with Gasteiger partial charge in [0.25, 0.3) is 5.91 Å². The third kappa shape index (κ3) is 4.80. The largest absolute Gasteiger partial charge is 0.356 e. The van der Waals surface area contributed by atoms with Gasteiger partial charge >= 0.3 is 0 Å². The summed E-state index contributed by atoms with van der Waals surface area (Å²) >= 11 is 6.14. The van der Waals surface area contributed by atoms with E-state index in [4.69, 9.17) is 11.6 Å². The van der Waals surface area contributed by atoms with Crippen LogP contribution < -0.4 is 16.0 Å². The van der Waals surface area contributed by atoms with Crippen LogP contribution in [0.15, 0.2) is 53.5 Å². The van der Waals surface area contributed by atoms with E-state index in [2.05, 4.69) is 33.1 Å². The summed E-state index contributed by atoms with van der Waals surface area (Å²) in [6, 6.07) is 15.6. The maximum absolute atomic E-state index is 11.6. The summed E-state index contributed by atoms with van der Waals surface area (Å²) in [6.45, 7) is 1.46. The molecule has 0 aromatic heterocycles. The lowest BCUT2D eigenvalue weighted by atomic mass is 9.96. The molecule has 3 N–H and O–H groups in total. The Balaban J connectivity index is 1.53. The lowest BCUT2D eigenvalue weighted by Crippen LogP contribution is -2.40. The number of carbonyl (C=O) groups excluding carboxylic acids is 1. The van der Waals surface area contributed by atoms with Crippen LogP contribution >= 0.6 is 11.6 Å². The monoisotopic (exact) mass is 384 g/mol. The molecule has 1 aliphatic rings. The zero-order chi connectivity index (χ0) is 19.3. The zero-order valence-electron chi connectivity index (χ0n) is 15.7. The van der Waals surface area contributed by atoms with Gasteiger partial charge in [0.15, 0.2) is 5.96 Å². The van der Waals surface area contributed by atoms with Crippen molar-refractivity contribution >= 4 is 23.5 Å². The third-order valence-electron chi connectivity index (χ3n) is 5.01. The first-order valence-electron chi connectivity index (χ1n) is 9.08.